The minimum Gasteiger partial charge on any atom is -0.466 e. The van der Waals surface area contributed by atoms with E-state index in [9.17, 15) is 19.8 Å². The van der Waals surface area contributed by atoms with Crippen molar-refractivity contribution < 1.29 is 24.5 Å². The average molecular weight is 917 g/mol. The first-order chi connectivity index (χ1) is 32.0. The second-order valence-electron chi connectivity index (χ2n) is 20.0. The molecule has 6 nitrogen and oxygen atoms in total. The van der Waals surface area contributed by atoms with Crippen molar-refractivity contribution in [3.63, 3.8) is 0 Å². The first-order valence-electron chi connectivity index (χ1n) is 29.1. The van der Waals surface area contributed by atoms with Crippen molar-refractivity contribution in [2.45, 2.75) is 328 Å². The number of hydrogen-bond acceptors (Lipinski definition) is 5. The molecule has 0 aliphatic carbocycles. The molecule has 0 aromatic rings. The number of unbranched alkanes of at least 4 members (excludes halogenated alkanes) is 39. The standard InChI is InChI=1S/C59H113NO5/c1-3-5-7-9-11-13-15-27-31-35-39-43-47-51-57(62)56(55-61)60-58(63)52-48-44-40-36-32-29-25-23-21-19-17-18-20-22-24-26-30-34-38-42-46-50-54-65-59(64)53-49-45-41-37-33-28-16-14-12-10-8-6-4-2/h8,10,14,16,56-57,61-62H,3-7,9,11-13,15,17-55H2,1-2H3,(H,60,63)/b10-8-,16-14-. The number of ether oxygens (including phenoxy) is 1. The Kier molecular flexibility index (Phi) is 53.5. The van der Waals surface area contributed by atoms with Gasteiger partial charge < -0.3 is 20.3 Å². The molecule has 0 aliphatic heterocycles. The first-order valence-corrected chi connectivity index (χ1v) is 29.1. The second kappa shape index (κ2) is 54.9. The topological polar surface area (TPSA) is 95.9 Å². The third kappa shape index (κ3) is 51.6. The number of hydrogen-bond donors (Lipinski definition) is 3. The molecule has 0 aliphatic rings. The third-order valence-corrected chi connectivity index (χ3v) is 13.5. The van der Waals surface area contributed by atoms with Crippen LogP contribution >= 0.6 is 0 Å². The van der Waals surface area contributed by atoms with Crippen LogP contribution in [0.4, 0.5) is 0 Å². The zero-order chi connectivity index (χ0) is 47.2. The van der Waals surface area contributed by atoms with Gasteiger partial charge in [-0.25, -0.2) is 0 Å². The Bertz CT molecular complexity index is 1010. The summed E-state index contributed by atoms with van der Waals surface area (Å²) in [7, 11) is 0. The lowest BCUT2D eigenvalue weighted by molar-refractivity contribution is -0.143. The van der Waals surface area contributed by atoms with E-state index in [0.29, 0.717) is 25.9 Å². The van der Waals surface area contributed by atoms with Gasteiger partial charge in [0.2, 0.25) is 5.91 Å². The molecule has 0 saturated carbocycles. The van der Waals surface area contributed by atoms with E-state index in [0.717, 1.165) is 51.4 Å². The molecule has 0 saturated heterocycles. The molecule has 0 aromatic heterocycles. The number of carbonyl (C=O) groups is 2. The van der Waals surface area contributed by atoms with Crippen LogP contribution in [0, 0.1) is 0 Å². The number of esters is 1. The number of rotatable bonds is 54. The Morgan fingerprint density at radius 1 is 0.431 bits per heavy atom. The van der Waals surface area contributed by atoms with Crippen LogP contribution in [-0.2, 0) is 14.3 Å². The normalized spacial score (nSPS) is 12.7. The van der Waals surface area contributed by atoms with Crippen molar-refractivity contribution >= 4 is 11.9 Å². The molecule has 0 radical (unpaired) electrons. The van der Waals surface area contributed by atoms with E-state index in [4.69, 9.17) is 4.74 Å². The molecular formula is C59H113NO5. The highest BCUT2D eigenvalue weighted by atomic mass is 16.5. The maximum Gasteiger partial charge on any atom is 0.305 e. The summed E-state index contributed by atoms with van der Waals surface area (Å²) in [4.78, 5) is 24.5. The Morgan fingerprint density at radius 2 is 0.800 bits per heavy atom. The smallest absolute Gasteiger partial charge is 0.305 e. The molecule has 0 heterocycles. The van der Waals surface area contributed by atoms with Crippen LogP contribution in [-0.4, -0.2) is 47.4 Å². The minimum atomic E-state index is -0.663. The van der Waals surface area contributed by atoms with Gasteiger partial charge in [0.15, 0.2) is 0 Å². The lowest BCUT2D eigenvalue weighted by atomic mass is 10.0. The second-order valence-corrected chi connectivity index (χ2v) is 20.0. The van der Waals surface area contributed by atoms with Crippen molar-refractivity contribution in [2.24, 2.45) is 0 Å². The van der Waals surface area contributed by atoms with Crippen LogP contribution in [0.5, 0.6) is 0 Å². The van der Waals surface area contributed by atoms with Gasteiger partial charge in [-0.05, 0) is 51.4 Å². The van der Waals surface area contributed by atoms with Crippen LogP contribution in [0.25, 0.3) is 0 Å². The lowest BCUT2D eigenvalue weighted by Crippen LogP contribution is -2.45. The number of allylic oxidation sites excluding steroid dienone is 4. The van der Waals surface area contributed by atoms with Crippen molar-refractivity contribution in [1.82, 2.24) is 5.32 Å². The van der Waals surface area contributed by atoms with Gasteiger partial charge in [-0.2, -0.15) is 0 Å². The predicted molar refractivity (Wildman–Crippen MR) is 283 cm³/mol. The third-order valence-electron chi connectivity index (χ3n) is 13.5. The Hall–Kier alpha value is -1.66. The molecule has 3 N–H and O–H groups in total. The molecule has 0 fully saturated rings. The summed E-state index contributed by atoms with van der Waals surface area (Å²) in [5, 5.41) is 23.2. The summed E-state index contributed by atoms with van der Waals surface area (Å²) in [6, 6.07) is -0.540. The van der Waals surface area contributed by atoms with E-state index in [2.05, 4.69) is 43.5 Å². The van der Waals surface area contributed by atoms with Crippen molar-refractivity contribution in [3.8, 4) is 0 Å². The minimum absolute atomic E-state index is 0.00201. The van der Waals surface area contributed by atoms with Crippen molar-refractivity contribution in [2.75, 3.05) is 13.2 Å². The first kappa shape index (κ1) is 63.3. The number of amides is 1. The van der Waals surface area contributed by atoms with Gasteiger partial charge in [-0.3, -0.25) is 9.59 Å². The van der Waals surface area contributed by atoms with Gasteiger partial charge in [0.25, 0.3) is 0 Å². The molecule has 65 heavy (non-hydrogen) atoms. The highest BCUT2D eigenvalue weighted by Crippen LogP contribution is 2.18. The molecule has 0 spiro atoms. The van der Waals surface area contributed by atoms with E-state index in [1.807, 2.05) is 0 Å². The van der Waals surface area contributed by atoms with Gasteiger partial charge in [0, 0.05) is 12.8 Å². The lowest BCUT2D eigenvalue weighted by Gasteiger charge is -2.22. The van der Waals surface area contributed by atoms with E-state index in [1.165, 1.54) is 231 Å². The zero-order valence-electron chi connectivity index (χ0n) is 43.7. The van der Waals surface area contributed by atoms with Crippen LogP contribution in [0.1, 0.15) is 316 Å². The fraction of sp³-hybridized carbons (Fsp3) is 0.898. The maximum atomic E-state index is 12.5. The number of aliphatic hydroxyl groups excluding tert-OH is 2. The molecule has 0 bridgehead atoms. The highest BCUT2D eigenvalue weighted by molar-refractivity contribution is 5.76. The van der Waals surface area contributed by atoms with Crippen LogP contribution in [0.2, 0.25) is 0 Å². The number of carbonyl (C=O) groups excluding carboxylic acids is 2. The maximum absolute atomic E-state index is 12.5. The molecule has 0 aromatic carbocycles. The summed E-state index contributed by atoms with van der Waals surface area (Å²) < 4.78 is 5.46. The monoisotopic (exact) mass is 916 g/mol. The Morgan fingerprint density at radius 3 is 1.23 bits per heavy atom. The Labute approximate surface area is 405 Å². The van der Waals surface area contributed by atoms with Gasteiger partial charge in [-0.1, -0.05) is 276 Å². The summed E-state index contributed by atoms with van der Waals surface area (Å²) in [6.45, 7) is 4.89. The SMILES string of the molecule is CCC/C=C\C/C=C\CCCCCCCC(=O)OCCCCCCCCCCCCCCCCCCCCCCCCC(=O)NC(CO)C(O)CCCCCCCCCCCCCCC. The predicted octanol–water partition coefficient (Wildman–Crippen LogP) is 17.9. The molecule has 6 heteroatoms. The van der Waals surface area contributed by atoms with Crippen molar-refractivity contribution in [3.05, 3.63) is 24.3 Å². The van der Waals surface area contributed by atoms with Crippen LogP contribution < -0.4 is 5.32 Å². The van der Waals surface area contributed by atoms with E-state index in [-0.39, 0.29) is 18.5 Å². The van der Waals surface area contributed by atoms with E-state index >= 15 is 0 Å². The summed E-state index contributed by atoms with van der Waals surface area (Å²) in [5.74, 6) is -0.0366. The fourth-order valence-electron chi connectivity index (χ4n) is 9.03. The van der Waals surface area contributed by atoms with E-state index < -0.39 is 12.1 Å². The largest absolute Gasteiger partial charge is 0.466 e. The van der Waals surface area contributed by atoms with Gasteiger partial charge in [0.1, 0.15) is 0 Å². The summed E-state index contributed by atoms with van der Waals surface area (Å²) in [6.07, 6.45) is 66.0. The molecule has 2 atom stereocenters. The van der Waals surface area contributed by atoms with Gasteiger partial charge in [-0.15, -0.1) is 0 Å². The summed E-state index contributed by atoms with van der Waals surface area (Å²) >= 11 is 0. The summed E-state index contributed by atoms with van der Waals surface area (Å²) in [5.41, 5.74) is 0. The van der Waals surface area contributed by atoms with Crippen LogP contribution in [0.15, 0.2) is 24.3 Å². The molecular weight excluding hydrogens is 803 g/mol. The molecule has 2 unspecified atom stereocenters. The molecule has 1 amide bonds. The average Bonchev–Trinajstić information content (AvgIpc) is 3.31. The van der Waals surface area contributed by atoms with Gasteiger partial charge in [0.05, 0.1) is 25.4 Å². The van der Waals surface area contributed by atoms with Crippen LogP contribution in [0.3, 0.4) is 0 Å². The van der Waals surface area contributed by atoms with Gasteiger partial charge >= 0.3 is 5.97 Å². The fourth-order valence-corrected chi connectivity index (χ4v) is 9.03. The Balaban J connectivity index is 3.37. The zero-order valence-corrected chi connectivity index (χ0v) is 43.7. The highest BCUT2D eigenvalue weighted by Gasteiger charge is 2.20. The molecule has 0 rings (SSSR count). The van der Waals surface area contributed by atoms with Crippen molar-refractivity contribution in [1.29, 1.82) is 0 Å². The number of aliphatic hydroxyl groups is 2. The number of nitrogens with one attached hydrogen (secondary N) is 1. The molecule has 384 valence electrons. The quantitative estimate of drug-likeness (QED) is 0.0321. The van der Waals surface area contributed by atoms with E-state index in [1.54, 1.807) is 0 Å².